The molecule has 5 heteroatoms. The lowest BCUT2D eigenvalue weighted by Gasteiger charge is -1.87. The second-order valence-corrected chi connectivity index (χ2v) is 1.71. The summed E-state index contributed by atoms with van der Waals surface area (Å²) in [5.41, 5.74) is 0.317. The minimum atomic E-state index is -0.476. The van der Waals surface area contributed by atoms with Crippen LogP contribution < -0.4 is 0 Å². The molecule has 4 nitrogen and oxygen atoms in total. The number of aromatic nitrogens is 2. The summed E-state index contributed by atoms with van der Waals surface area (Å²) in [7, 11) is 0. The van der Waals surface area contributed by atoms with Crippen molar-refractivity contribution in [2.24, 2.45) is 4.36 Å². The molecule has 0 N–H and O–H groups in total. The number of hydrogen-bond donors (Lipinski definition) is 0. The van der Waals surface area contributed by atoms with E-state index in [0.717, 1.165) is 0 Å². The van der Waals surface area contributed by atoms with Crippen molar-refractivity contribution in [2.75, 3.05) is 0 Å². The fraction of sp³-hybridized carbons (Fsp3) is 0. The second kappa shape index (κ2) is 3.07. The zero-order chi connectivity index (χ0) is 7.40. The van der Waals surface area contributed by atoms with Crippen molar-refractivity contribution < 1.29 is 4.79 Å². The molecule has 0 spiro atoms. The van der Waals surface area contributed by atoms with Crippen LogP contribution in [0.2, 0.25) is 0 Å². The quantitative estimate of drug-likeness (QED) is 0.584. The minimum absolute atomic E-state index is 0.317. The highest BCUT2D eigenvalue weighted by Crippen LogP contribution is 1.94. The summed E-state index contributed by atoms with van der Waals surface area (Å²) >= 11 is 4.18. The Bertz CT molecular complexity index is 248. The average Bonchev–Trinajstić information content (AvgIpc) is 2.05. The molecule has 0 radical (unpaired) electrons. The SMILES string of the molecule is O=C(N=S)c1cncnc1. The van der Waals surface area contributed by atoms with Gasteiger partial charge in [0.05, 0.1) is 5.56 Å². The molecule has 0 saturated carbocycles. The molecule has 1 rings (SSSR count). The van der Waals surface area contributed by atoms with E-state index in [2.05, 4.69) is 26.8 Å². The molecule has 0 aliphatic rings. The number of amides is 1. The number of nitrogens with zero attached hydrogens (tertiary/aromatic N) is 3. The Morgan fingerprint density at radius 3 is 2.60 bits per heavy atom. The van der Waals surface area contributed by atoms with E-state index < -0.39 is 5.91 Å². The van der Waals surface area contributed by atoms with Gasteiger partial charge in [0.1, 0.15) is 6.33 Å². The summed E-state index contributed by atoms with van der Waals surface area (Å²) in [5.74, 6) is -0.476. The second-order valence-electron chi connectivity index (χ2n) is 1.52. The maximum Gasteiger partial charge on any atom is 0.291 e. The number of hydrogen-bond acceptors (Lipinski definition) is 4. The van der Waals surface area contributed by atoms with Crippen LogP contribution in [0.5, 0.6) is 0 Å². The van der Waals surface area contributed by atoms with E-state index >= 15 is 0 Å². The topological polar surface area (TPSA) is 55.2 Å². The summed E-state index contributed by atoms with van der Waals surface area (Å²) in [6, 6.07) is 0. The van der Waals surface area contributed by atoms with Crippen molar-refractivity contribution >= 4 is 18.3 Å². The third-order valence-electron chi connectivity index (χ3n) is 0.890. The standard InChI is InChI=1S/C5H3N3OS/c9-5(8-10)4-1-6-3-7-2-4/h1-3H. The summed E-state index contributed by atoms with van der Waals surface area (Å²) in [4.78, 5) is 17.9. The zero-order valence-electron chi connectivity index (χ0n) is 4.89. The van der Waals surface area contributed by atoms with Gasteiger partial charge in [0, 0.05) is 24.8 Å². The molecule has 0 saturated heterocycles. The lowest BCUT2D eigenvalue weighted by atomic mass is 10.3. The van der Waals surface area contributed by atoms with Crippen molar-refractivity contribution in [1.29, 1.82) is 0 Å². The molecule has 0 bridgehead atoms. The first-order valence-corrected chi connectivity index (χ1v) is 2.84. The van der Waals surface area contributed by atoms with Crippen molar-refractivity contribution in [3.63, 3.8) is 0 Å². The van der Waals surface area contributed by atoms with Crippen LogP contribution in [-0.2, 0) is 12.4 Å². The monoisotopic (exact) mass is 153 g/mol. The molecular formula is C5H3N3OS. The Morgan fingerprint density at radius 1 is 1.50 bits per heavy atom. The first kappa shape index (κ1) is 6.88. The van der Waals surface area contributed by atoms with Crippen LogP contribution in [0, 0.1) is 0 Å². The molecule has 50 valence electrons. The smallest absolute Gasteiger partial charge is 0.266 e. The van der Waals surface area contributed by atoms with E-state index in [4.69, 9.17) is 0 Å². The van der Waals surface area contributed by atoms with E-state index in [1.165, 1.54) is 18.7 Å². The van der Waals surface area contributed by atoms with Gasteiger partial charge in [-0.1, -0.05) is 0 Å². The van der Waals surface area contributed by atoms with E-state index in [0.29, 0.717) is 5.56 Å². The number of carbonyl (C=O) groups is 1. The first-order chi connectivity index (χ1) is 4.84. The molecule has 0 aliphatic heterocycles. The van der Waals surface area contributed by atoms with E-state index in [1.807, 2.05) is 0 Å². The van der Waals surface area contributed by atoms with Crippen molar-refractivity contribution in [3.8, 4) is 0 Å². The molecule has 1 heterocycles. The van der Waals surface area contributed by atoms with Gasteiger partial charge in [-0.05, 0) is 0 Å². The molecule has 1 amide bonds. The van der Waals surface area contributed by atoms with Crippen LogP contribution in [0.4, 0.5) is 0 Å². The molecule has 1 aromatic rings. The molecular weight excluding hydrogens is 150 g/mol. The number of carbonyl (C=O) groups excluding carboxylic acids is 1. The lowest BCUT2D eigenvalue weighted by molar-refractivity contribution is 0.100. The normalized spacial score (nSPS) is 8.80. The van der Waals surface area contributed by atoms with Crippen molar-refractivity contribution in [3.05, 3.63) is 24.3 Å². The molecule has 10 heavy (non-hydrogen) atoms. The first-order valence-electron chi connectivity index (χ1n) is 2.47. The molecule has 0 unspecified atom stereocenters. The fourth-order valence-corrected chi connectivity index (χ4v) is 0.568. The Labute approximate surface area is 62.5 Å². The Kier molecular flexibility index (Phi) is 2.11. The molecule has 0 aromatic carbocycles. The predicted molar refractivity (Wildman–Crippen MR) is 36.2 cm³/mol. The van der Waals surface area contributed by atoms with Gasteiger partial charge in [0.2, 0.25) is 0 Å². The molecule has 1 aromatic heterocycles. The fourth-order valence-electron chi connectivity index (χ4n) is 0.462. The van der Waals surface area contributed by atoms with Gasteiger partial charge in [-0.25, -0.2) is 9.97 Å². The van der Waals surface area contributed by atoms with E-state index in [-0.39, 0.29) is 0 Å². The summed E-state index contributed by atoms with van der Waals surface area (Å²) in [6.45, 7) is 0. The Balaban J connectivity index is 2.95. The van der Waals surface area contributed by atoms with Gasteiger partial charge >= 0.3 is 0 Å². The molecule has 0 aliphatic carbocycles. The summed E-state index contributed by atoms with van der Waals surface area (Å²) in [5, 5.41) is 0. The highest BCUT2D eigenvalue weighted by atomic mass is 32.1. The minimum Gasteiger partial charge on any atom is -0.266 e. The predicted octanol–water partition coefficient (Wildman–Crippen LogP) is 0.347. The lowest BCUT2D eigenvalue weighted by Crippen LogP contribution is -1.94. The van der Waals surface area contributed by atoms with Gasteiger partial charge in [0.25, 0.3) is 5.91 Å². The van der Waals surface area contributed by atoms with Gasteiger partial charge in [-0.15, -0.1) is 4.36 Å². The Morgan fingerprint density at radius 2 is 2.10 bits per heavy atom. The van der Waals surface area contributed by atoms with Gasteiger partial charge in [-0.2, -0.15) is 0 Å². The van der Waals surface area contributed by atoms with Crippen molar-refractivity contribution in [1.82, 2.24) is 9.97 Å². The van der Waals surface area contributed by atoms with Gasteiger partial charge < -0.3 is 0 Å². The highest BCUT2D eigenvalue weighted by Gasteiger charge is 2.00. The largest absolute Gasteiger partial charge is 0.291 e. The van der Waals surface area contributed by atoms with Gasteiger partial charge in [-0.3, -0.25) is 4.79 Å². The third-order valence-corrected chi connectivity index (χ3v) is 1.06. The van der Waals surface area contributed by atoms with Crippen LogP contribution in [0.3, 0.4) is 0 Å². The number of rotatable bonds is 1. The third kappa shape index (κ3) is 1.38. The van der Waals surface area contributed by atoms with Crippen LogP contribution in [0.25, 0.3) is 0 Å². The molecule has 0 atom stereocenters. The highest BCUT2D eigenvalue weighted by molar-refractivity contribution is 7.47. The summed E-state index contributed by atoms with van der Waals surface area (Å²) in [6.07, 6.45) is 4.07. The van der Waals surface area contributed by atoms with Crippen LogP contribution in [-0.4, -0.2) is 15.9 Å². The average molecular weight is 153 g/mol. The maximum absolute atomic E-state index is 10.7. The van der Waals surface area contributed by atoms with Crippen LogP contribution in [0.1, 0.15) is 10.4 Å². The maximum atomic E-state index is 10.7. The summed E-state index contributed by atoms with van der Waals surface area (Å²) < 4.78 is 3.02. The van der Waals surface area contributed by atoms with Crippen LogP contribution >= 0.6 is 0 Å². The van der Waals surface area contributed by atoms with Crippen LogP contribution in [0.15, 0.2) is 23.1 Å². The van der Waals surface area contributed by atoms with E-state index in [1.54, 1.807) is 0 Å². The zero-order valence-corrected chi connectivity index (χ0v) is 5.71. The molecule has 0 fully saturated rings. The Hall–Kier alpha value is -1.23. The van der Waals surface area contributed by atoms with Crippen molar-refractivity contribution in [2.45, 2.75) is 0 Å². The van der Waals surface area contributed by atoms with Gasteiger partial charge in [0.15, 0.2) is 0 Å². The van der Waals surface area contributed by atoms with E-state index in [9.17, 15) is 4.79 Å².